The van der Waals surface area contributed by atoms with Gasteiger partial charge in [0.2, 0.25) is 5.75 Å². The van der Waals surface area contributed by atoms with Crippen molar-refractivity contribution < 1.29 is 28.6 Å². The number of nitrogens with one attached hydrogen (secondary N) is 3. The van der Waals surface area contributed by atoms with E-state index in [9.17, 15) is 14.4 Å². The molecule has 0 atom stereocenters. The van der Waals surface area contributed by atoms with E-state index in [0.29, 0.717) is 30.5 Å². The molecule has 1 aromatic carbocycles. The van der Waals surface area contributed by atoms with Crippen LogP contribution in [0.25, 0.3) is 0 Å². The molecule has 1 aromatic rings. The zero-order valence-corrected chi connectivity index (χ0v) is 13.0. The summed E-state index contributed by atoms with van der Waals surface area (Å²) in [6, 6.07) is 2.99. The lowest BCUT2D eigenvalue weighted by Gasteiger charge is -2.21. The number of benzene rings is 1. The molecule has 3 N–H and O–H groups in total. The molecule has 0 aromatic heterocycles. The van der Waals surface area contributed by atoms with Crippen LogP contribution in [0.5, 0.6) is 17.2 Å². The maximum Gasteiger partial charge on any atom is 0.327 e. The number of carbonyl (C=O) groups is 3. The molecule has 0 unspecified atom stereocenters. The van der Waals surface area contributed by atoms with Gasteiger partial charge in [0, 0.05) is 11.6 Å². The summed E-state index contributed by atoms with van der Waals surface area (Å²) in [6.45, 7) is 0.750. The standard InChI is InChI=1S/C15H17N3O6/c1-22-10-6-8(7-11-12(10)24-5-4-23-11)13(19)17-18-15(21)14(20)16-9-2-3-9/h6-7,9H,2-5H2,1H3,(H,16,20)(H,17,19)(H,18,21). The average molecular weight is 335 g/mol. The van der Waals surface area contributed by atoms with E-state index >= 15 is 0 Å². The number of carbonyl (C=O) groups excluding carboxylic acids is 3. The number of hydrogen-bond donors (Lipinski definition) is 3. The van der Waals surface area contributed by atoms with E-state index in [1.807, 2.05) is 0 Å². The third kappa shape index (κ3) is 3.50. The Kier molecular flexibility index (Phi) is 4.41. The van der Waals surface area contributed by atoms with Crippen LogP contribution in [0.3, 0.4) is 0 Å². The van der Waals surface area contributed by atoms with Gasteiger partial charge in [-0.25, -0.2) is 0 Å². The van der Waals surface area contributed by atoms with Gasteiger partial charge < -0.3 is 19.5 Å². The first-order valence-electron chi connectivity index (χ1n) is 7.47. The van der Waals surface area contributed by atoms with Crippen molar-refractivity contribution in [1.29, 1.82) is 0 Å². The van der Waals surface area contributed by atoms with Crippen LogP contribution in [-0.4, -0.2) is 44.1 Å². The number of methoxy groups -OCH3 is 1. The van der Waals surface area contributed by atoms with E-state index in [1.165, 1.54) is 19.2 Å². The minimum atomic E-state index is -0.931. The predicted molar refractivity (Wildman–Crippen MR) is 80.8 cm³/mol. The van der Waals surface area contributed by atoms with E-state index in [4.69, 9.17) is 14.2 Å². The molecule has 128 valence electrons. The molecule has 1 aliphatic heterocycles. The highest BCUT2D eigenvalue weighted by molar-refractivity contribution is 6.35. The van der Waals surface area contributed by atoms with E-state index in [2.05, 4.69) is 16.2 Å². The van der Waals surface area contributed by atoms with Gasteiger partial charge in [0.05, 0.1) is 7.11 Å². The summed E-state index contributed by atoms with van der Waals surface area (Å²) < 4.78 is 16.1. The van der Waals surface area contributed by atoms with Crippen molar-refractivity contribution in [2.45, 2.75) is 18.9 Å². The lowest BCUT2D eigenvalue weighted by molar-refractivity contribution is -0.139. The fraction of sp³-hybridized carbons (Fsp3) is 0.400. The molecule has 24 heavy (non-hydrogen) atoms. The van der Waals surface area contributed by atoms with Crippen molar-refractivity contribution in [1.82, 2.24) is 16.2 Å². The van der Waals surface area contributed by atoms with Crippen molar-refractivity contribution in [2.24, 2.45) is 0 Å². The quantitative estimate of drug-likeness (QED) is 0.507. The van der Waals surface area contributed by atoms with Crippen molar-refractivity contribution in [2.75, 3.05) is 20.3 Å². The summed E-state index contributed by atoms with van der Waals surface area (Å²) in [5.41, 5.74) is 4.44. The lowest BCUT2D eigenvalue weighted by atomic mass is 10.1. The number of amides is 3. The molecule has 0 bridgehead atoms. The number of hydrogen-bond acceptors (Lipinski definition) is 6. The van der Waals surface area contributed by atoms with Gasteiger partial charge in [0.1, 0.15) is 13.2 Å². The van der Waals surface area contributed by atoms with Crippen LogP contribution in [0.15, 0.2) is 12.1 Å². The van der Waals surface area contributed by atoms with Crippen molar-refractivity contribution in [3.63, 3.8) is 0 Å². The largest absolute Gasteiger partial charge is 0.493 e. The third-order valence-corrected chi connectivity index (χ3v) is 3.50. The van der Waals surface area contributed by atoms with E-state index in [0.717, 1.165) is 12.8 Å². The summed E-state index contributed by atoms with van der Waals surface area (Å²) in [5.74, 6) is -1.18. The number of fused-ring (bicyclic) bond motifs is 1. The van der Waals surface area contributed by atoms with Crippen LogP contribution >= 0.6 is 0 Å². The number of ether oxygens (including phenoxy) is 3. The van der Waals surface area contributed by atoms with Gasteiger partial charge in [-0.15, -0.1) is 0 Å². The lowest BCUT2D eigenvalue weighted by Crippen LogP contribution is -2.49. The Labute approximate surface area is 137 Å². The smallest absolute Gasteiger partial charge is 0.327 e. The zero-order chi connectivity index (χ0) is 17.1. The minimum absolute atomic E-state index is 0.0565. The monoisotopic (exact) mass is 335 g/mol. The first-order chi connectivity index (χ1) is 11.6. The molecule has 0 spiro atoms. The highest BCUT2D eigenvalue weighted by Crippen LogP contribution is 2.40. The van der Waals surface area contributed by atoms with E-state index in [-0.39, 0.29) is 11.6 Å². The number of rotatable bonds is 3. The molecular weight excluding hydrogens is 318 g/mol. The molecule has 9 nitrogen and oxygen atoms in total. The molecular formula is C15H17N3O6. The third-order valence-electron chi connectivity index (χ3n) is 3.50. The molecule has 0 radical (unpaired) electrons. The van der Waals surface area contributed by atoms with E-state index in [1.54, 1.807) is 0 Å². The SMILES string of the molecule is COc1cc(C(=O)NNC(=O)C(=O)NC2CC2)cc2c1OCCO2. The van der Waals surface area contributed by atoms with Gasteiger partial charge in [0.25, 0.3) is 5.91 Å². The zero-order valence-electron chi connectivity index (χ0n) is 13.0. The summed E-state index contributed by atoms with van der Waals surface area (Å²) in [7, 11) is 1.44. The molecule has 3 amide bonds. The first-order valence-corrected chi connectivity index (χ1v) is 7.47. The second kappa shape index (κ2) is 6.65. The highest BCUT2D eigenvalue weighted by Gasteiger charge is 2.27. The van der Waals surface area contributed by atoms with Gasteiger partial charge in [0.15, 0.2) is 11.5 Å². The average Bonchev–Trinajstić information content (AvgIpc) is 3.42. The van der Waals surface area contributed by atoms with Gasteiger partial charge in [-0.05, 0) is 25.0 Å². The first kappa shape index (κ1) is 15.9. The van der Waals surface area contributed by atoms with Crippen LogP contribution in [0.2, 0.25) is 0 Å². The van der Waals surface area contributed by atoms with Crippen LogP contribution in [0.1, 0.15) is 23.2 Å². The topological polar surface area (TPSA) is 115 Å². The Hall–Kier alpha value is -2.97. The Balaban J connectivity index is 1.64. The molecule has 0 saturated heterocycles. The van der Waals surface area contributed by atoms with Crippen LogP contribution < -0.4 is 30.4 Å². The van der Waals surface area contributed by atoms with Crippen molar-refractivity contribution in [3.8, 4) is 17.2 Å². The van der Waals surface area contributed by atoms with Crippen LogP contribution in [0, 0.1) is 0 Å². The highest BCUT2D eigenvalue weighted by atomic mass is 16.6. The molecule has 1 fully saturated rings. The Morgan fingerprint density at radius 1 is 1.08 bits per heavy atom. The molecule has 1 aliphatic carbocycles. The fourth-order valence-corrected chi connectivity index (χ4v) is 2.13. The summed E-state index contributed by atoms with van der Waals surface area (Å²) in [6.07, 6.45) is 1.73. The van der Waals surface area contributed by atoms with Gasteiger partial charge >= 0.3 is 11.8 Å². The van der Waals surface area contributed by atoms with Crippen molar-refractivity contribution >= 4 is 17.7 Å². The molecule has 9 heteroatoms. The van der Waals surface area contributed by atoms with Crippen LogP contribution in [0.4, 0.5) is 0 Å². The maximum absolute atomic E-state index is 12.2. The second-order valence-corrected chi connectivity index (χ2v) is 5.36. The molecule has 1 saturated carbocycles. The summed E-state index contributed by atoms with van der Waals surface area (Å²) >= 11 is 0. The van der Waals surface area contributed by atoms with Gasteiger partial charge in [-0.3, -0.25) is 25.2 Å². The van der Waals surface area contributed by atoms with Gasteiger partial charge in [-0.2, -0.15) is 0 Å². The van der Waals surface area contributed by atoms with Gasteiger partial charge in [-0.1, -0.05) is 0 Å². The second-order valence-electron chi connectivity index (χ2n) is 5.36. The Morgan fingerprint density at radius 2 is 1.83 bits per heavy atom. The Morgan fingerprint density at radius 3 is 2.54 bits per heavy atom. The Bertz CT molecular complexity index is 669. The summed E-state index contributed by atoms with van der Waals surface area (Å²) in [4.78, 5) is 35.2. The normalized spacial score (nSPS) is 15.2. The predicted octanol–water partition coefficient (Wildman–Crippen LogP) is -0.494. The van der Waals surface area contributed by atoms with E-state index < -0.39 is 17.7 Å². The van der Waals surface area contributed by atoms with Crippen molar-refractivity contribution in [3.05, 3.63) is 17.7 Å². The molecule has 3 rings (SSSR count). The molecule has 2 aliphatic rings. The number of hydrazine groups is 1. The molecule has 1 heterocycles. The fourth-order valence-electron chi connectivity index (χ4n) is 2.13. The maximum atomic E-state index is 12.2. The summed E-state index contributed by atoms with van der Waals surface area (Å²) in [5, 5.41) is 2.52. The van der Waals surface area contributed by atoms with Crippen LogP contribution in [-0.2, 0) is 9.59 Å². The minimum Gasteiger partial charge on any atom is -0.493 e.